The van der Waals surface area contributed by atoms with Crippen LogP contribution in [0.3, 0.4) is 0 Å². The van der Waals surface area contributed by atoms with E-state index in [1.165, 1.54) is 12.3 Å². The van der Waals surface area contributed by atoms with Gasteiger partial charge in [-0.3, -0.25) is 10.1 Å². The molecule has 1 heterocycles. The molecule has 0 saturated heterocycles. The van der Waals surface area contributed by atoms with Gasteiger partial charge >= 0.3 is 6.09 Å². The molecule has 3 rings (SSSR count). The van der Waals surface area contributed by atoms with E-state index < -0.39 is 12.0 Å². The number of hydrogen-bond acceptors (Lipinski definition) is 6. The molecule has 0 aliphatic heterocycles. The monoisotopic (exact) mass is 563 g/mol. The third kappa shape index (κ3) is 6.47. The molecule has 0 radical (unpaired) electrons. The molecule has 8 nitrogen and oxygen atoms in total. The van der Waals surface area contributed by atoms with Crippen LogP contribution in [0.15, 0.2) is 59.7 Å². The topological polar surface area (TPSA) is 119 Å². The number of aromatic nitrogens is 1. The van der Waals surface area contributed by atoms with Crippen molar-refractivity contribution in [2.45, 2.75) is 6.92 Å². The van der Waals surface area contributed by atoms with E-state index in [9.17, 15) is 9.59 Å². The van der Waals surface area contributed by atoms with Crippen LogP contribution < -0.4 is 16.4 Å². The van der Waals surface area contributed by atoms with Gasteiger partial charge in [-0.1, -0.05) is 57.3 Å². The minimum atomic E-state index is -0.696. The van der Waals surface area contributed by atoms with Crippen LogP contribution in [0.25, 0.3) is 0 Å². The molecule has 0 saturated carbocycles. The zero-order valence-corrected chi connectivity index (χ0v) is 21.0. The number of nitrogen functional groups attached to an aromatic ring is 1. The average Bonchev–Trinajstić information content (AvgIpc) is 2.80. The van der Waals surface area contributed by atoms with Crippen molar-refractivity contribution in [3.63, 3.8) is 0 Å². The Morgan fingerprint density at radius 1 is 1.15 bits per heavy atom. The Balaban J connectivity index is 2.03. The number of nitrogens with one attached hydrogen (secondary N) is 2. The molecular formula is C23H20BrCl2N5O3. The van der Waals surface area contributed by atoms with E-state index in [0.29, 0.717) is 32.9 Å². The smallest absolute Gasteiger partial charge is 0.411 e. The fraction of sp³-hybridized carbons (Fsp3) is 0.130. The quantitative estimate of drug-likeness (QED) is 0.185. The summed E-state index contributed by atoms with van der Waals surface area (Å²) in [6.07, 6.45) is 0.816. The van der Waals surface area contributed by atoms with Crippen molar-refractivity contribution in [1.29, 1.82) is 0 Å². The van der Waals surface area contributed by atoms with Gasteiger partial charge in [0.1, 0.15) is 12.3 Å². The number of para-hydroxylation sites is 1. The Morgan fingerprint density at radius 3 is 2.62 bits per heavy atom. The van der Waals surface area contributed by atoms with Crippen molar-refractivity contribution in [2.24, 2.45) is 4.99 Å². The molecule has 34 heavy (non-hydrogen) atoms. The maximum Gasteiger partial charge on any atom is 0.411 e. The lowest BCUT2D eigenvalue weighted by Gasteiger charge is -2.17. The van der Waals surface area contributed by atoms with Crippen LogP contribution >= 0.6 is 39.1 Å². The number of rotatable bonds is 7. The molecule has 2 amide bonds. The molecule has 0 aliphatic rings. The number of pyridine rings is 1. The van der Waals surface area contributed by atoms with Crippen molar-refractivity contribution in [1.82, 2.24) is 4.98 Å². The van der Waals surface area contributed by atoms with Crippen LogP contribution in [0.5, 0.6) is 0 Å². The van der Waals surface area contributed by atoms with E-state index in [0.717, 1.165) is 0 Å². The second kappa shape index (κ2) is 11.8. The summed E-state index contributed by atoms with van der Waals surface area (Å²) in [4.78, 5) is 34.2. The Bertz CT molecular complexity index is 1250. The summed E-state index contributed by atoms with van der Waals surface area (Å²) in [7, 11) is 0. The number of amides is 2. The van der Waals surface area contributed by atoms with E-state index in [1.54, 1.807) is 49.4 Å². The molecule has 0 aliphatic carbocycles. The van der Waals surface area contributed by atoms with Crippen LogP contribution in [-0.2, 0) is 9.53 Å². The number of carbonyl (C=O) groups excluding carboxylic acids is 2. The van der Waals surface area contributed by atoms with E-state index in [4.69, 9.17) is 33.7 Å². The highest BCUT2D eigenvalue weighted by molar-refractivity contribution is 9.09. The summed E-state index contributed by atoms with van der Waals surface area (Å²) >= 11 is 15.6. The number of aryl methyl sites for hydroxylation is 1. The first-order valence-corrected chi connectivity index (χ1v) is 11.8. The van der Waals surface area contributed by atoms with E-state index in [1.807, 2.05) is 0 Å². The van der Waals surface area contributed by atoms with Gasteiger partial charge < -0.3 is 15.8 Å². The Labute approximate surface area is 214 Å². The summed E-state index contributed by atoms with van der Waals surface area (Å²) < 4.78 is 5.04. The van der Waals surface area contributed by atoms with Gasteiger partial charge in [0.25, 0.3) is 5.91 Å². The van der Waals surface area contributed by atoms with Crippen LogP contribution in [-0.4, -0.2) is 34.6 Å². The fourth-order valence-electron chi connectivity index (χ4n) is 2.97. The van der Waals surface area contributed by atoms with Crippen LogP contribution in [0.1, 0.15) is 11.1 Å². The lowest BCUT2D eigenvalue weighted by atomic mass is 10.1. The highest BCUT2D eigenvalue weighted by atomic mass is 79.9. The van der Waals surface area contributed by atoms with E-state index in [-0.39, 0.29) is 28.8 Å². The molecule has 0 spiro atoms. The molecule has 176 valence electrons. The van der Waals surface area contributed by atoms with Gasteiger partial charge in [-0.15, -0.1) is 0 Å². The summed E-state index contributed by atoms with van der Waals surface area (Å²) in [5, 5.41) is 6.51. The summed E-state index contributed by atoms with van der Waals surface area (Å²) in [6, 6.07) is 13.2. The zero-order chi connectivity index (χ0) is 24.7. The third-order valence-electron chi connectivity index (χ3n) is 4.47. The summed E-state index contributed by atoms with van der Waals surface area (Å²) in [5.41, 5.74) is 8.03. The first-order valence-electron chi connectivity index (χ1n) is 9.95. The fourth-order valence-corrected chi connectivity index (χ4v) is 3.57. The zero-order valence-electron chi connectivity index (χ0n) is 17.9. The number of ether oxygens (including phenoxy) is 1. The normalized spacial score (nSPS) is 11.1. The number of alkyl halides is 1. The minimum Gasteiger partial charge on any atom is -0.448 e. The average molecular weight is 565 g/mol. The number of anilines is 3. The van der Waals surface area contributed by atoms with Gasteiger partial charge in [0, 0.05) is 27.8 Å². The van der Waals surface area contributed by atoms with Crippen molar-refractivity contribution in [2.75, 3.05) is 28.3 Å². The van der Waals surface area contributed by atoms with Gasteiger partial charge in [0.05, 0.1) is 16.4 Å². The molecule has 0 bridgehead atoms. The highest BCUT2D eigenvalue weighted by Gasteiger charge is 2.21. The number of benzene rings is 2. The second-order valence-corrected chi connectivity index (χ2v) is 8.54. The molecule has 1 aromatic heterocycles. The van der Waals surface area contributed by atoms with Crippen molar-refractivity contribution >= 4 is 79.7 Å². The maximum absolute atomic E-state index is 13.5. The molecule has 0 unspecified atom stereocenters. The number of nitrogens with two attached hydrogens (primary N) is 1. The van der Waals surface area contributed by atoms with Gasteiger partial charge in [0.15, 0.2) is 5.82 Å². The molecule has 0 atom stereocenters. The van der Waals surface area contributed by atoms with Gasteiger partial charge in [0.2, 0.25) is 0 Å². The Kier molecular flexibility index (Phi) is 8.86. The van der Waals surface area contributed by atoms with Crippen LogP contribution in [0.2, 0.25) is 10.0 Å². The van der Waals surface area contributed by atoms with Crippen molar-refractivity contribution in [3.8, 4) is 0 Å². The first kappa shape index (κ1) is 25.5. The Hall–Kier alpha value is -3.14. The largest absolute Gasteiger partial charge is 0.448 e. The molecule has 4 N–H and O–H groups in total. The predicted octanol–water partition coefficient (Wildman–Crippen LogP) is 5.98. The summed E-state index contributed by atoms with van der Waals surface area (Å²) in [6.45, 7) is 1.90. The molecule has 3 aromatic rings. The standard InChI is InChI=1S/C23H20BrCl2N5O3/c1-13-11-14(25)12-18(29-23(33)34-10-8-24)19(13)31-22(32)20(15-5-2-3-7-17(15)27)30-21-16(26)6-4-9-28-21/h2-7,9,11-12H,8,10,27H2,1H3,(H,29,33)(H,31,32). The van der Waals surface area contributed by atoms with Crippen molar-refractivity contribution < 1.29 is 14.3 Å². The van der Waals surface area contributed by atoms with Crippen molar-refractivity contribution in [3.05, 3.63) is 75.9 Å². The SMILES string of the molecule is Cc1cc(Cl)cc(NC(=O)OCCBr)c1NC(=O)C(=Nc1ncccc1Cl)c1ccccc1N. The molecule has 2 aromatic carbocycles. The maximum atomic E-state index is 13.5. The second-order valence-electron chi connectivity index (χ2n) is 6.91. The number of carbonyl (C=O) groups is 2. The lowest BCUT2D eigenvalue weighted by molar-refractivity contribution is -0.110. The summed E-state index contributed by atoms with van der Waals surface area (Å²) in [5.74, 6) is -0.441. The number of aliphatic imine (C=N–C) groups is 1. The molecule has 11 heteroatoms. The number of hydrogen-bond donors (Lipinski definition) is 3. The van der Waals surface area contributed by atoms with Gasteiger partial charge in [-0.25, -0.2) is 14.8 Å². The minimum absolute atomic E-state index is 0.0131. The van der Waals surface area contributed by atoms with Gasteiger partial charge in [-0.05, 0) is 42.8 Å². The highest BCUT2D eigenvalue weighted by Crippen LogP contribution is 2.31. The predicted molar refractivity (Wildman–Crippen MR) is 140 cm³/mol. The number of nitrogens with zero attached hydrogens (tertiary/aromatic N) is 2. The van der Waals surface area contributed by atoms with E-state index in [2.05, 4.69) is 36.5 Å². The number of halogens is 3. The van der Waals surface area contributed by atoms with Gasteiger partial charge in [-0.2, -0.15) is 0 Å². The molecule has 0 fully saturated rings. The third-order valence-corrected chi connectivity index (χ3v) is 5.31. The van der Waals surface area contributed by atoms with Crippen LogP contribution in [0, 0.1) is 6.92 Å². The lowest BCUT2D eigenvalue weighted by Crippen LogP contribution is -2.26. The first-order chi connectivity index (χ1) is 16.3. The Morgan fingerprint density at radius 2 is 1.91 bits per heavy atom. The van der Waals surface area contributed by atoms with Crippen LogP contribution in [0.4, 0.5) is 27.7 Å². The van der Waals surface area contributed by atoms with E-state index >= 15 is 0 Å². The molecular weight excluding hydrogens is 545 g/mol.